The van der Waals surface area contributed by atoms with E-state index >= 15 is 0 Å². The SMILES string of the molecule is CNC(=O)NC(=O)CN1C(=O)NC2(CCCCC2)C1=O. The molecule has 0 aromatic rings. The van der Waals surface area contributed by atoms with E-state index < -0.39 is 30.1 Å². The van der Waals surface area contributed by atoms with Gasteiger partial charge in [0.2, 0.25) is 5.91 Å². The molecular formula is C12H18N4O4. The summed E-state index contributed by atoms with van der Waals surface area (Å²) in [6.45, 7) is -0.445. The molecule has 3 N–H and O–H groups in total. The molecule has 2 rings (SSSR count). The molecule has 2 aliphatic rings. The zero-order valence-electron chi connectivity index (χ0n) is 11.3. The summed E-state index contributed by atoms with van der Waals surface area (Å²) in [5.74, 6) is -1.06. The lowest BCUT2D eigenvalue weighted by Crippen LogP contribution is -2.49. The van der Waals surface area contributed by atoms with E-state index in [9.17, 15) is 19.2 Å². The van der Waals surface area contributed by atoms with Gasteiger partial charge in [-0.1, -0.05) is 19.3 Å². The predicted molar refractivity (Wildman–Crippen MR) is 68.7 cm³/mol. The number of amides is 6. The van der Waals surface area contributed by atoms with Gasteiger partial charge in [-0.2, -0.15) is 0 Å². The van der Waals surface area contributed by atoms with Crippen molar-refractivity contribution in [3.05, 3.63) is 0 Å². The topological polar surface area (TPSA) is 108 Å². The fraction of sp³-hybridized carbons (Fsp3) is 0.667. The van der Waals surface area contributed by atoms with Crippen molar-refractivity contribution in [3.63, 3.8) is 0 Å². The standard InChI is InChI=1S/C12H18N4O4/c1-13-10(19)14-8(17)7-16-9(18)12(15-11(16)20)5-3-2-4-6-12/h2-7H2,1H3,(H,15,20)(H2,13,14,17,19). The fourth-order valence-electron chi connectivity index (χ4n) is 2.69. The van der Waals surface area contributed by atoms with Crippen molar-refractivity contribution in [2.24, 2.45) is 0 Å². The van der Waals surface area contributed by atoms with E-state index in [1.54, 1.807) is 0 Å². The number of carbonyl (C=O) groups is 4. The molecular weight excluding hydrogens is 264 g/mol. The molecule has 0 radical (unpaired) electrons. The van der Waals surface area contributed by atoms with E-state index in [1.807, 2.05) is 5.32 Å². The molecule has 1 aliphatic carbocycles. The van der Waals surface area contributed by atoms with E-state index in [-0.39, 0.29) is 5.91 Å². The van der Waals surface area contributed by atoms with Gasteiger partial charge in [-0.15, -0.1) is 0 Å². The van der Waals surface area contributed by atoms with Gasteiger partial charge in [0, 0.05) is 7.05 Å². The minimum Gasteiger partial charge on any atom is -0.341 e. The largest absolute Gasteiger partial charge is 0.341 e. The molecule has 8 heteroatoms. The zero-order valence-corrected chi connectivity index (χ0v) is 11.3. The maximum Gasteiger partial charge on any atom is 0.325 e. The number of rotatable bonds is 2. The van der Waals surface area contributed by atoms with Crippen molar-refractivity contribution in [3.8, 4) is 0 Å². The van der Waals surface area contributed by atoms with Crippen LogP contribution < -0.4 is 16.0 Å². The number of nitrogens with zero attached hydrogens (tertiary/aromatic N) is 1. The van der Waals surface area contributed by atoms with Crippen LogP contribution in [0.3, 0.4) is 0 Å². The number of nitrogens with one attached hydrogen (secondary N) is 3. The number of hydrogen-bond acceptors (Lipinski definition) is 4. The van der Waals surface area contributed by atoms with Crippen LogP contribution in [0.25, 0.3) is 0 Å². The Morgan fingerprint density at radius 2 is 1.90 bits per heavy atom. The Morgan fingerprint density at radius 3 is 2.50 bits per heavy atom. The number of hydrogen-bond donors (Lipinski definition) is 3. The highest BCUT2D eigenvalue weighted by Crippen LogP contribution is 2.33. The first-order valence-corrected chi connectivity index (χ1v) is 6.64. The Kier molecular flexibility index (Phi) is 3.91. The van der Waals surface area contributed by atoms with Gasteiger partial charge in [0.15, 0.2) is 0 Å². The second kappa shape index (κ2) is 5.48. The van der Waals surface area contributed by atoms with Gasteiger partial charge in [0.05, 0.1) is 0 Å². The molecule has 1 spiro atoms. The normalized spacial score (nSPS) is 20.8. The van der Waals surface area contributed by atoms with Crippen molar-refractivity contribution in [1.29, 1.82) is 0 Å². The van der Waals surface area contributed by atoms with Crippen molar-refractivity contribution >= 4 is 23.9 Å². The second-order valence-electron chi connectivity index (χ2n) is 5.09. The summed E-state index contributed by atoms with van der Waals surface area (Å²) < 4.78 is 0. The van der Waals surface area contributed by atoms with Crippen LogP contribution in [0.2, 0.25) is 0 Å². The first-order chi connectivity index (χ1) is 9.48. The molecule has 0 aromatic carbocycles. The lowest BCUT2D eigenvalue weighted by molar-refractivity contribution is -0.135. The molecule has 1 saturated carbocycles. The third-order valence-corrected chi connectivity index (χ3v) is 3.73. The van der Waals surface area contributed by atoms with Gasteiger partial charge in [-0.05, 0) is 12.8 Å². The molecule has 8 nitrogen and oxygen atoms in total. The third-order valence-electron chi connectivity index (χ3n) is 3.73. The summed E-state index contributed by atoms with van der Waals surface area (Å²) in [6, 6.07) is -1.24. The molecule has 1 aliphatic heterocycles. The average molecular weight is 282 g/mol. The minimum absolute atomic E-state index is 0.366. The van der Waals surface area contributed by atoms with E-state index in [0.717, 1.165) is 24.2 Å². The molecule has 0 bridgehead atoms. The minimum atomic E-state index is -0.845. The molecule has 110 valence electrons. The van der Waals surface area contributed by atoms with E-state index in [2.05, 4.69) is 10.6 Å². The summed E-state index contributed by atoms with van der Waals surface area (Å²) in [6.07, 6.45) is 4.01. The van der Waals surface area contributed by atoms with Crippen LogP contribution in [-0.4, -0.2) is 47.9 Å². The molecule has 1 saturated heterocycles. The summed E-state index contributed by atoms with van der Waals surface area (Å²) in [5, 5.41) is 6.95. The molecule has 0 atom stereocenters. The Balaban J connectivity index is 2.02. The van der Waals surface area contributed by atoms with Crippen LogP contribution in [0, 0.1) is 0 Å². The fourth-order valence-corrected chi connectivity index (χ4v) is 2.69. The number of urea groups is 2. The van der Waals surface area contributed by atoms with Crippen LogP contribution in [-0.2, 0) is 9.59 Å². The van der Waals surface area contributed by atoms with Gasteiger partial charge in [0.1, 0.15) is 12.1 Å². The first kappa shape index (κ1) is 14.3. The highest BCUT2D eigenvalue weighted by atomic mass is 16.2. The van der Waals surface area contributed by atoms with Gasteiger partial charge >= 0.3 is 12.1 Å². The van der Waals surface area contributed by atoms with Crippen LogP contribution in [0.4, 0.5) is 9.59 Å². The molecule has 6 amide bonds. The molecule has 0 unspecified atom stereocenters. The smallest absolute Gasteiger partial charge is 0.325 e. The maximum atomic E-state index is 12.3. The maximum absolute atomic E-state index is 12.3. The molecule has 1 heterocycles. The lowest BCUT2D eigenvalue weighted by atomic mass is 9.82. The predicted octanol–water partition coefficient (Wildman–Crippen LogP) is -0.303. The molecule has 20 heavy (non-hydrogen) atoms. The van der Waals surface area contributed by atoms with Crippen LogP contribution in [0.15, 0.2) is 0 Å². The summed E-state index contributed by atoms with van der Waals surface area (Å²) >= 11 is 0. The van der Waals surface area contributed by atoms with Gasteiger partial charge in [-0.25, -0.2) is 9.59 Å². The monoisotopic (exact) mass is 282 g/mol. The van der Waals surface area contributed by atoms with Gasteiger partial charge in [-0.3, -0.25) is 19.8 Å². The number of imide groups is 2. The molecule has 0 aromatic heterocycles. The molecule has 2 fully saturated rings. The van der Waals surface area contributed by atoms with Crippen LogP contribution in [0.1, 0.15) is 32.1 Å². The van der Waals surface area contributed by atoms with Crippen molar-refractivity contribution < 1.29 is 19.2 Å². The highest BCUT2D eigenvalue weighted by molar-refractivity contribution is 6.10. The summed E-state index contributed by atoms with van der Waals surface area (Å²) in [7, 11) is 1.37. The van der Waals surface area contributed by atoms with Gasteiger partial charge < -0.3 is 10.6 Å². The van der Waals surface area contributed by atoms with E-state index in [4.69, 9.17) is 0 Å². The van der Waals surface area contributed by atoms with Crippen LogP contribution in [0.5, 0.6) is 0 Å². The first-order valence-electron chi connectivity index (χ1n) is 6.64. The third kappa shape index (κ3) is 2.59. The summed E-state index contributed by atoms with van der Waals surface area (Å²) in [5.41, 5.74) is -0.845. The van der Waals surface area contributed by atoms with Crippen molar-refractivity contribution in [2.75, 3.05) is 13.6 Å². The second-order valence-corrected chi connectivity index (χ2v) is 5.09. The quantitative estimate of drug-likeness (QED) is 0.604. The Morgan fingerprint density at radius 1 is 1.25 bits per heavy atom. The Labute approximate surface area is 116 Å². The Bertz CT molecular complexity index is 456. The van der Waals surface area contributed by atoms with E-state index in [1.165, 1.54) is 7.05 Å². The zero-order chi connectivity index (χ0) is 14.8. The lowest BCUT2D eigenvalue weighted by Gasteiger charge is -2.30. The summed E-state index contributed by atoms with van der Waals surface area (Å²) in [4.78, 5) is 47.7. The number of carbonyl (C=O) groups excluding carboxylic acids is 4. The van der Waals surface area contributed by atoms with E-state index in [0.29, 0.717) is 12.8 Å². The van der Waals surface area contributed by atoms with Gasteiger partial charge in [0.25, 0.3) is 5.91 Å². The van der Waals surface area contributed by atoms with Crippen molar-refractivity contribution in [1.82, 2.24) is 20.9 Å². The Hall–Kier alpha value is -2.12. The highest BCUT2D eigenvalue weighted by Gasteiger charge is 2.51. The van der Waals surface area contributed by atoms with Crippen LogP contribution >= 0.6 is 0 Å². The average Bonchev–Trinajstić information content (AvgIpc) is 2.64. The van der Waals surface area contributed by atoms with Crippen molar-refractivity contribution in [2.45, 2.75) is 37.6 Å².